The topological polar surface area (TPSA) is 151 Å². The lowest BCUT2D eigenvalue weighted by Crippen LogP contribution is -2.81. The molecule has 0 radical (unpaired) electrons. The van der Waals surface area contributed by atoms with Crippen molar-refractivity contribution in [3.63, 3.8) is 0 Å². The van der Waals surface area contributed by atoms with E-state index in [4.69, 9.17) is 4.74 Å². The number of carboxylic acid groups (broad SMARTS) is 1. The maximum Gasteiger partial charge on any atom is 0.352 e. The minimum absolute atomic E-state index is 0.112. The molecule has 0 aliphatic carbocycles. The number of thioether (sulfide) groups is 2. The molecule has 1 fully saturated rings. The van der Waals surface area contributed by atoms with Gasteiger partial charge in [0.25, 0.3) is 11.6 Å². The highest BCUT2D eigenvalue weighted by atomic mass is 32.2. The van der Waals surface area contributed by atoms with Crippen molar-refractivity contribution in [1.29, 1.82) is 0 Å². The zero-order chi connectivity index (χ0) is 20.3. The third-order valence-electron chi connectivity index (χ3n) is 4.02. The third-order valence-corrected chi connectivity index (χ3v) is 7.27. The molecule has 3 N–H and O–H groups in total. The molecule has 11 nitrogen and oxygen atoms in total. The Morgan fingerprint density at radius 2 is 2.36 bits per heavy atom. The molecule has 3 rings (SSSR count). The van der Waals surface area contributed by atoms with E-state index in [1.807, 2.05) is 0 Å². The number of fused-ring (bicyclic) bond motifs is 1. The van der Waals surface area contributed by atoms with Crippen LogP contribution in [0.4, 0.5) is 0 Å². The lowest BCUT2D eigenvalue weighted by molar-refractivity contribution is -0.192. The fourth-order valence-electron chi connectivity index (χ4n) is 2.82. The lowest BCUT2D eigenvalue weighted by Gasteiger charge is -2.55. The van der Waals surface area contributed by atoms with Crippen molar-refractivity contribution in [3.05, 3.63) is 17.6 Å². The summed E-state index contributed by atoms with van der Waals surface area (Å²) in [6.07, 6.45) is 1.77. The van der Waals surface area contributed by atoms with Gasteiger partial charge in [0.1, 0.15) is 17.4 Å². The summed E-state index contributed by atoms with van der Waals surface area (Å²) in [5.74, 6) is -1.85. The number of nitrogens with zero attached hydrogens (tertiary/aromatic N) is 3. The smallest absolute Gasteiger partial charge is 0.352 e. The molecule has 1 aromatic heterocycles. The van der Waals surface area contributed by atoms with E-state index in [9.17, 15) is 24.3 Å². The number of aliphatic carboxylic acids is 1. The third kappa shape index (κ3) is 3.59. The fourth-order valence-corrected chi connectivity index (χ4v) is 5.84. The van der Waals surface area contributed by atoms with E-state index in [2.05, 4.69) is 20.0 Å². The first kappa shape index (κ1) is 20.6. The Morgan fingerprint density at radius 3 is 2.96 bits per heavy atom. The second-order valence-electron chi connectivity index (χ2n) is 5.58. The number of hydrogen-bond donors (Lipinski definition) is 3. The van der Waals surface area contributed by atoms with Crippen molar-refractivity contribution >= 4 is 59.3 Å². The van der Waals surface area contributed by atoms with Crippen LogP contribution in [0.25, 0.3) is 0 Å². The van der Waals surface area contributed by atoms with Crippen molar-refractivity contribution in [2.75, 3.05) is 25.2 Å². The van der Waals surface area contributed by atoms with Crippen LogP contribution in [0.5, 0.6) is 0 Å². The number of carbonyl (C=O) groups is 4. The first-order chi connectivity index (χ1) is 13.4. The molecule has 150 valence electrons. The largest absolute Gasteiger partial charge is 0.477 e. The second-order valence-corrected chi connectivity index (χ2v) is 8.65. The van der Waals surface area contributed by atoms with Gasteiger partial charge < -0.3 is 20.5 Å². The number of carboxylic acids is 1. The Morgan fingerprint density at radius 1 is 1.57 bits per heavy atom. The number of rotatable bonds is 9. The summed E-state index contributed by atoms with van der Waals surface area (Å²) in [5, 5.41) is 13.6. The molecular weight excluding hydrogens is 430 g/mol. The Kier molecular flexibility index (Phi) is 6.22. The van der Waals surface area contributed by atoms with Gasteiger partial charge >= 0.3 is 5.97 Å². The van der Waals surface area contributed by atoms with Crippen LogP contribution in [0.3, 0.4) is 0 Å². The number of ether oxygens (including phenoxy) is 1. The monoisotopic (exact) mass is 445 g/mol. The van der Waals surface area contributed by atoms with Crippen LogP contribution >= 0.6 is 35.1 Å². The molecule has 2 atom stereocenters. The van der Waals surface area contributed by atoms with Gasteiger partial charge in [0, 0.05) is 18.6 Å². The maximum absolute atomic E-state index is 12.8. The van der Waals surface area contributed by atoms with E-state index in [-0.39, 0.29) is 12.2 Å². The van der Waals surface area contributed by atoms with E-state index in [0.29, 0.717) is 27.8 Å². The summed E-state index contributed by atoms with van der Waals surface area (Å²) >= 11 is 3.83. The number of nitrogens with one attached hydrogen (secondary N) is 2. The van der Waals surface area contributed by atoms with Crippen LogP contribution in [0, 0.1) is 0 Å². The molecule has 0 aromatic carbocycles. The molecule has 2 aliphatic heterocycles. The second kappa shape index (κ2) is 8.46. The maximum atomic E-state index is 12.8. The first-order valence-electron chi connectivity index (χ1n) is 7.77. The number of hydrogen-bond acceptors (Lipinski definition) is 10. The van der Waals surface area contributed by atoms with Gasteiger partial charge in [0.05, 0.1) is 6.54 Å². The molecule has 3 amide bonds. The standard InChI is InChI=1S/C14H15N5O6S3/c1-25-14(18-8(21)2-15-6-20)11(24)19-9(10(22)23)7(3-26-12(14)19)4-27-13-16-5-17-28-13/h5-6,12H,2-4H2,1H3,(H,15,20)(H,18,21)(H,22,23)/t12?,14-/m0/s1. The van der Waals surface area contributed by atoms with Crippen LogP contribution < -0.4 is 10.6 Å². The number of methoxy groups -OCH3 is 1. The van der Waals surface area contributed by atoms with Crippen LogP contribution in [0.1, 0.15) is 0 Å². The van der Waals surface area contributed by atoms with E-state index >= 15 is 0 Å². The van der Waals surface area contributed by atoms with E-state index in [1.165, 1.54) is 48.5 Å². The summed E-state index contributed by atoms with van der Waals surface area (Å²) in [4.78, 5) is 52.1. The average molecular weight is 446 g/mol. The summed E-state index contributed by atoms with van der Waals surface area (Å²) in [6, 6.07) is 0. The Balaban J connectivity index is 1.80. The van der Waals surface area contributed by atoms with E-state index < -0.39 is 28.9 Å². The molecule has 0 bridgehead atoms. The summed E-state index contributed by atoms with van der Waals surface area (Å²) in [5.41, 5.74) is -1.22. The average Bonchev–Trinajstić information content (AvgIpc) is 3.21. The minimum atomic E-state index is -1.68. The van der Waals surface area contributed by atoms with Gasteiger partial charge in [-0.3, -0.25) is 19.3 Å². The summed E-state index contributed by atoms with van der Waals surface area (Å²) < 4.78 is 9.88. The molecule has 3 heterocycles. The van der Waals surface area contributed by atoms with Crippen LogP contribution in [-0.2, 0) is 23.9 Å². The molecule has 1 saturated heterocycles. The molecule has 0 saturated carbocycles. The molecule has 14 heteroatoms. The molecule has 0 spiro atoms. The fraction of sp³-hybridized carbons (Fsp3) is 0.429. The predicted octanol–water partition coefficient (Wildman–Crippen LogP) is -0.911. The van der Waals surface area contributed by atoms with Crippen molar-refractivity contribution < 1.29 is 29.0 Å². The minimum Gasteiger partial charge on any atom is -0.477 e. The molecular formula is C14H15N5O6S3. The number of aromatic nitrogens is 2. The Hall–Kier alpha value is -2.16. The highest BCUT2D eigenvalue weighted by Gasteiger charge is 2.66. The van der Waals surface area contributed by atoms with E-state index in [0.717, 1.165) is 4.90 Å². The van der Waals surface area contributed by atoms with Crippen molar-refractivity contribution in [1.82, 2.24) is 24.9 Å². The van der Waals surface area contributed by atoms with Crippen LogP contribution in [0.2, 0.25) is 0 Å². The van der Waals surface area contributed by atoms with E-state index in [1.54, 1.807) is 0 Å². The van der Waals surface area contributed by atoms with Crippen molar-refractivity contribution in [2.45, 2.75) is 15.4 Å². The lowest BCUT2D eigenvalue weighted by atomic mass is 9.98. The van der Waals surface area contributed by atoms with Gasteiger partial charge in [0.15, 0.2) is 4.34 Å². The summed E-state index contributed by atoms with van der Waals surface area (Å²) in [6.45, 7) is -0.329. The summed E-state index contributed by atoms with van der Waals surface area (Å²) in [7, 11) is 1.26. The number of carbonyl (C=O) groups excluding carboxylic acids is 3. The number of amides is 3. The number of β-lactam (4-membered cyclic amide) rings is 1. The zero-order valence-corrected chi connectivity index (χ0v) is 16.9. The van der Waals surface area contributed by atoms with Gasteiger partial charge in [-0.25, -0.2) is 9.78 Å². The predicted molar refractivity (Wildman–Crippen MR) is 100 cm³/mol. The van der Waals surface area contributed by atoms with Crippen molar-refractivity contribution in [3.8, 4) is 0 Å². The highest BCUT2D eigenvalue weighted by molar-refractivity contribution is 8.01. The normalized spacial score (nSPS) is 23.7. The zero-order valence-electron chi connectivity index (χ0n) is 14.4. The molecule has 28 heavy (non-hydrogen) atoms. The van der Waals surface area contributed by atoms with Crippen molar-refractivity contribution in [2.24, 2.45) is 0 Å². The molecule has 2 aliphatic rings. The van der Waals surface area contributed by atoms with Crippen LogP contribution in [0.15, 0.2) is 21.9 Å². The molecule has 1 unspecified atom stereocenters. The Bertz CT molecular complexity index is 831. The van der Waals surface area contributed by atoms with Gasteiger partial charge in [-0.1, -0.05) is 11.8 Å². The Labute approximate surface area is 171 Å². The van der Waals surface area contributed by atoms with Crippen LogP contribution in [-0.4, -0.2) is 79.8 Å². The quantitative estimate of drug-likeness (QED) is 0.189. The first-order valence-corrected chi connectivity index (χ1v) is 10.6. The molecule has 1 aromatic rings. The van der Waals surface area contributed by atoms with Gasteiger partial charge in [0.2, 0.25) is 12.3 Å². The van der Waals surface area contributed by atoms with Gasteiger partial charge in [-0.05, 0) is 17.1 Å². The highest BCUT2D eigenvalue weighted by Crippen LogP contribution is 2.47. The SMILES string of the molecule is CO[C@@]1(NC(=O)CNC=O)C(=O)N2C(C(=O)O)=C(CSc3ncns3)CSC21. The van der Waals surface area contributed by atoms with Gasteiger partial charge in [-0.15, -0.1) is 11.8 Å². The van der Waals surface area contributed by atoms with Gasteiger partial charge in [-0.2, -0.15) is 4.37 Å².